The summed E-state index contributed by atoms with van der Waals surface area (Å²) in [7, 11) is 0. The van der Waals surface area contributed by atoms with Crippen LogP contribution in [-0.2, 0) is 14.4 Å². The molecule has 0 radical (unpaired) electrons. The Morgan fingerprint density at radius 2 is 1.50 bits per heavy atom. The highest BCUT2D eigenvalue weighted by Gasteiger charge is 2.10. The molecule has 0 saturated heterocycles. The third kappa shape index (κ3) is 7.40. The fourth-order valence-corrected chi connectivity index (χ4v) is 2.65. The summed E-state index contributed by atoms with van der Waals surface area (Å²) in [5.41, 5.74) is 2.42. The molecule has 2 aromatic rings. The molecule has 7 nitrogen and oxygen atoms in total. The van der Waals surface area contributed by atoms with E-state index in [-0.39, 0.29) is 30.2 Å². The van der Waals surface area contributed by atoms with Gasteiger partial charge in [-0.2, -0.15) is 0 Å². The van der Waals surface area contributed by atoms with Crippen LogP contribution in [0.2, 0.25) is 5.02 Å². The zero-order valence-corrected chi connectivity index (χ0v) is 18.1. The number of hydrogen-bond acceptors (Lipinski definition) is 4. The number of benzene rings is 2. The summed E-state index contributed by atoms with van der Waals surface area (Å²) in [5, 5.41) is 11.7. The molecule has 0 spiro atoms. The molecule has 0 fully saturated rings. The van der Waals surface area contributed by atoms with Crippen molar-refractivity contribution in [2.24, 2.45) is 5.92 Å². The summed E-state index contributed by atoms with van der Waals surface area (Å²) in [6.07, 6.45) is 1.17. The Morgan fingerprint density at radius 1 is 0.867 bits per heavy atom. The van der Waals surface area contributed by atoms with Gasteiger partial charge in [-0.25, -0.2) is 0 Å². The number of nitrogens with one attached hydrogen (secondary N) is 4. The Labute approximate surface area is 181 Å². The van der Waals surface area contributed by atoms with E-state index in [1.807, 2.05) is 20.8 Å². The summed E-state index contributed by atoms with van der Waals surface area (Å²) in [5.74, 6) is -0.533. The summed E-state index contributed by atoms with van der Waals surface area (Å²) in [4.78, 5) is 35.7. The minimum Gasteiger partial charge on any atom is -0.376 e. The lowest BCUT2D eigenvalue weighted by Crippen LogP contribution is -2.22. The highest BCUT2D eigenvalue weighted by atomic mass is 35.5. The second kappa shape index (κ2) is 11.2. The molecule has 0 atom stereocenters. The molecular formula is C22H27ClN4O3. The first-order chi connectivity index (χ1) is 14.3. The van der Waals surface area contributed by atoms with Gasteiger partial charge in [-0.3, -0.25) is 14.4 Å². The lowest BCUT2D eigenvalue weighted by molar-refractivity contribution is -0.119. The average molecular weight is 431 g/mol. The topological polar surface area (TPSA) is 99.3 Å². The number of carbonyl (C=O) groups excluding carboxylic acids is 3. The van der Waals surface area contributed by atoms with Gasteiger partial charge in [0.05, 0.1) is 17.3 Å². The number of hydrogen-bond donors (Lipinski definition) is 4. The molecule has 0 aliphatic rings. The molecule has 0 bridgehead atoms. The number of amides is 3. The first kappa shape index (κ1) is 23.2. The van der Waals surface area contributed by atoms with E-state index >= 15 is 0 Å². The second-order valence-corrected chi connectivity index (χ2v) is 7.52. The van der Waals surface area contributed by atoms with Crippen LogP contribution in [0.25, 0.3) is 0 Å². The van der Waals surface area contributed by atoms with Crippen molar-refractivity contribution in [2.75, 3.05) is 27.8 Å². The standard InChI is InChI=1S/C22H27ClN4O3/c1-4-5-20(28)25-17-10-11-18(23)19(12-17)27-21(29)13-24-15-6-8-16(9-7-15)26-22(30)14(2)3/h6-12,14,24H,4-5,13H2,1-3H3,(H,25,28)(H,26,30)(H,27,29). The van der Waals surface area contributed by atoms with Crippen molar-refractivity contribution >= 4 is 52.1 Å². The zero-order chi connectivity index (χ0) is 22.1. The molecule has 0 aromatic heterocycles. The average Bonchev–Trinajstić information content (AvgIpc) is 2.70. The smallest absolute Gasteiger partial charge is 0.243 e. The van der Waals surface area contributed by atoms with Crippen molar-refractivity contribution in [2.45, 2.75) is 33.6 Å². The van der Waals surface area contributed by atoms with Crippen molar-refractivity contribution in [1.82, 2.24) is 0 Å². The molecule has 4 N–H and O–H groups in total. The fourth-order valence-electron chi connectivity index (χ4n) is 2.48. The molecule has 0 aliphatic heterocycles. The Balaban J connectivity index is 1.90. The van der Waals surface area contributed by atoms with Gasteiger partial charge in [0, 0.05) is 29.4 Å². The number of carbonyl (C=O) groups is 3. The summed E-state index contributed by atoms with van der Waals surface area (Å²) in [6, 6.07) is 12.0. The van der Waals surface area contributed by atoms with E-state index in [0.29, 0.717) is 28.5 Å². The van der Waals surface area contributed by atoms with Crippen molar-refractivity contribution < 1.29 is 14.4 Å². The maximum absolute atomic E-state index is 12.3. The molecular weight excluding hydrogens is 404 g/mol. The summed E-state index contributed by atoms with van der Waals surface area (Å²) < 4.78 is 0. The van der Waals surface area contributed by atoms with Crippen LogP contribution in [0.1, 0.15) is 33.6 Å². The van der Waals surface area contributed by atoms with Crippen LogP contribution in [-0.4, -0.2) is 24.3 Å². The molecule has 0 heterocycles. The van der Waals surface area contributed by atoms with E-state index in [9.17, 15) is 14.4 Å². The van der Waals surface area contributed by atoms with Gasteiger partial charge in [-0.05, 0) is 48.9 Å². The van der Waals surface area contributed by atoms with E-state index in [0.717, 1.165) is 12.1 Å². The predicted molar refractivity (Wildman–Crippen MR) is 122 cm³/mol. The van der Waals surface area contributed by atoms with Gasteiger partial charge in [-0.1, -0.05) is 32.4 Å². The highest BCUT2D eigenvalue weighted by molar-refractivity contribution is 6.33. The van der Waals surface area contributed by atoms with E-state index in [1.54, 1.807) is 42.5 Å². The van der Waals surface area contributed by atoms with Gasteiger partial charge in [-0.15, -0.1) is 0 Å². The molecule has 2 aromatic carbocycles. The van der Waals surface area contributed by atoms with E-state index in [4.69, 9.17) is 11.6 Å². The Bertz CT molecular complexity index is 898. The number of anilines is 4. The van der Waals surface area contributed by atoms with Crippen LogP contribution in [0.15, 0.2) is 42.5 Å². The minimum absolute atomic E-state index is 0.0282. The van der Waals surface area contributed by atoms with E-state index in [1.165, 1.54) is 0 Å². The van der Waals surface area contributed by atoms with Gasteiger partial charge in [0.15, 0.2) is 0 Å². The van der Waals surface area contributed by atoms with Crippen LogP contribution in [0.4, 0.5) is 22.7 Å². The Kier molecular flexibility index (Phi) is 8.68. The first-order valence-electron chi connectivity index (χ1n) is 9.82. The molecule has 2 rings (SSSR count). The predicted octanol–water partition coefficient (Wildman–Crippen LogP) is 4.72. The Morgan fingerprint density at radius 3 is 2.13 bits per heavy atom. The van der Waals surface area contributed by atoms with Gasteiger partial charge >= 0.3 is 0 Å². The summed E-state index contributed by atoms with van der Waals surface area (Å²) >= 11 is 6.15. The zero-order valence-electron chi connectivity index (χ0n) is 17.3. The van der Waals surface area contributed by atoms with Crippen LogP contribution in [0, 0.1) is 5.92 Å². The highest BCUT2D eigenvalue weighted by Crippen LogP contribution is 2.25. The van der Waals surface area contributed by atoms with Gasteiger partial charge in [0.25, 0.3) is 0 Å². The third-order valence-electron chi connectivity index (χ3n) is 4.13. The van der Waals surface area contributed by atoms with Crippen LogP contribution in [0.5, 0.6) is 0 Å². The molecule has 0 saturated carbocycles. The first-order valence-corrected chi connectivity index (χ1v) is 10.2. The number of halogens is 1. The third-order valence-corrected chi connectivity index (χ3v) is 4.46. The van der Waals surface area contributed by atoms with E-state index < -0.39 is 0 Å². The molecule has 8 heteroatoms. The number of rotatable bonds is 9. The maximum atomic E-state index is 12.3. The van der Waals surface area contributed by atoms with Crippen LogP contribution >= 0.6 is 11.6 Å². The monoisotopic (exact) mass is 430 g/mol. The van der Waals surface area contributed by atoms with Crippen molar-refractivity contribution in [1.29, 1.82) is 0 Å². The van der Waals surface area contributed by atoms with Crippen LogP contribution < -0.4 is 21.3 Å². The van der Waals surface area contributed by atoms with Crippen molar-refractivity contribution in [3.63, 3.8) is 0 Å². The fraction of sp³-hybridized carbons (Fsp3) is 0.318. The van der Waals surface area contributed by atoms with Crippen molar-refractivity contribution in [3.05, 3.63) is 47.5 Å². The summed E-state index contributed by atoms with van der Waals surface area (Å²) in [6.45, 7) is 5.60. The van der Waals surface area contributed by atoms with E-state index in [2.05, 4.69) is 21.3 Å². The second-order valence-electron chi connectivity index (χ2n) is 7.12. The normalized spacial score (nSPS) is 10.4. The molecule has 3 amide bonds. The van der Waals surface area contributed by atoms with Gasteiger partial charge in [0.2, 0.25) is 17.7 Å². The Hall–Kier alpha value is -3.06. The molecule has 30 heavy (non-hydrogen) atoms. The van der Waals surface area contributed by atoms with Gasteiger partial charge < -0.3 is 21.3 Å². The molecule has 160 valence electrons. The minimum atomic E-state index is -0.286. The lowest BCUT2D eigenvalue weighted by atomic mass is 10.2. The maximum Gasteiger partial charge on any atom is 0.243 e. The van der Waals surface area contributed by atoms with Crippen molar-refractivity contribution in [3.8, 4) is 0 Å². The largest absolute Gasteiger partial charge is 0.376 e. The quantitative estimate of drug-likeness (QED) is 0.462. The SMILES string of the molecule is CCCC(=O)Nc1ccc(Cl)c(NC(=O)CNc2ccc(NC(=O)C(C)C)cc2)c1. The molecule has 0 unspecified atom stereocenters. The van der Waals surface area contributed by atoms with Gasteiger partial charge in [0.1, 0.15) is 0 Å². The van der Waals surface area contributed by atoms with Crippen LogP contribution in [0.3, 0.4) is 0 Å². The molecule has 0 aliphatic carbocycles. The lowest BCUT2D eigenvalue weighted by Gasteiger charge is -2.12.